The molecule has 0 spiro atoms. The summed E-state index contributed by atoms with van der Waals surface area (Å²) in [6, 6.07) is 5.42. The van der Waals surface area contributed by atoms with Crippen molar-refractivity contribution in [2.24, 2.45) is 0 Å². The van der Waals surface area contributed by atoms with Crippen LogP contribution >= 0.6 is 0 Å². The van der Waals surface area contributed by atoms with Crippen molar-refractivity contribution in [2.75, 3.05) is 5.32 Å². The Morgan fingerprint density at radius 3 is 2.22 bits per heavy atom. The summed E-state index contributed by atoms with van der Waals surface area (Å²) in [4.78, 5) is 11.2. The smallest absolute Gasteiger partial charge is 0.337 e. The van der Waals surface area contributed by atoms with E-state index in [4.69, 9.17) is 0 Å². The van der Waals surface area contributed by atoms with Gasteiger partial charge in [0.2, 0.25) is 0 Å². The van der Waals surface area contributed by atoms with Crippen LogP contribution in [0.1, 0.15) is 56.0 Å². The molecule has 2 N–H and O–H groups in total. The number of rotatable bonds is 6. The van der Waals surface area contributed by atoms with Gasteiger partial charge in [-0.25, -0.2) is 4.79 Å². The van der Waals surface area contributed by atoms with Crippen molar-refractivity contribution in [3.05, 3.63) is 29.3 Å². The van der Waals surface area contributed by atoms with E-state index >= 15 is 0 Å². The summed E-state index contributed by atoms with van der Waals surface area (Å²) in [5, 5.41) is 12.7. The molecular weight excluding hydrogens is 226 g/mol. The molecule has 3 heteroatoms. The van der Waals surface area contributed by atoms with E-state index in [1.807, 2.05) is 19.1 Å². The normalized spacial score (nSPS) is 11.3. The van der Waals surface area contributed by atoms with Gasteiger partial charge in [0.15, 0.2) is 0 Å². The van der Waals surface area contributed by atoms with E-state index in [2.05, 4.69) is 26.1 Å². The van der Waals surface area contributed by atoms with Crippen molar-refractivity contribution in [3.8, 4) is 0 Å². The number of carbonyl (C=O) groups is 1. The Bertz CT molecular complexity index is 414. The Labute approximate surface area is 109 Å². The molecule has 0 aliphatic heterocycles. The molecule has 0 aromatic heterocycles. The first-order valence-corrected chi connectivity index (χ1v) is 6.60. The van der Waals surface area contributed by atoms with Gasteiger partial charge in [0.05, 0.1) is 5.56 Å². The number of carboxylic acids is 1. The van der Waals surface area contributed by atoms with E-state index in [1.165, 1.54) is 0 Å². The molecule has 0 radical (unpaired) electrons. The van der Waals surface area contributed by atoms with Crippen LogP contribution in [0.25, 0.3) is 0 Å². The molecule has 0 heterocycles. The predicted octanol–water partition coefficient (Wildman–Crippen LogP) is 4.07. The van der Waals surface area contributed by atoms with Gasteiger partial charge in [0.25, 0.3) is 0 Å². The number of aryl methyl sites for hydroxylation is 1. The lowest BCUT2D eigenvalue weighted by molar-refractivity contribution is 0.0698. The second-order valence-electron chi connectivity index (χ2n) is 4.82. The highest BCUT2D eigenvalue weighted by Crippen LogP contribution is 2.28. The van der Waals surface area contributed by atoms with Crippen LogP contribution in [0.15, 0.2) is 18.2 Å². The van der Waals surface area contributed by atoms with Gasteiger partial charge in [0, 0.05) is 11.2 Å². The lowest BCUT2D eigenvalue weighted by Crippen LogP contribution is -2.36. The van der Waals surface area contributed by atoms with Crippen molar-refractivity contribution in [1.82, 2.24) is 0 Å². The summed E-state index contributed by atoms with van der Waals surface area (Å²) in [5.41, 5.74) is 2.13. The molecule has 0 unspecified atom stereocenters. The minimum absolute atomic E-state index is 0.0159. The highest BCUT2D eigenvalue weighted by atomic mass is 16.4. The van der Waals surface area contributed by atoms with E-state index in [1.54, 1.807) is 6.07 Å². The quantitative estimate of drug-likeness (QED) is 0.798. The van der Waals surface area contributed by atoms with E-state index in [9.17, 15) is 9.90 Å². The van der Waals surface area contributed by atoms with Gasteiger partial charge in [-0.15, -0.1) is 0 Å². The van der Waals surface area contributed by atoms with Crippen LogP contribution in [0.2, 0.25) is 0 Å². The zero-order valence-electron chi connectivity index (χ0n) is 11.7. The Morgan fingerprint density at radius 2 is 1.78 bits per heavy atom. The first-order chi connectivity index (χ1) is 8.48. The maximum absolute atomic E-state index is 11.2. The number of hydrogen-bond acceptors (Lipinski definition) is 2. The third-order valence-electron chi connectivity index (χ3n) is 3.84. The van der Waals surface area contributed by atoms with Gasteiger partial charge in [-0.1, -0.05) is 26.8 Å². The van der Waals surface area contributed by atoms with E-state index < -0.39 is 5.97 Å². The van der Waals surface area contributed by atoms with Gasteiger partial charge in [-0.05, 0) is 43.9 Å². The molecule has 1 rings (SSSR count). The first-order valence-electron chi connectivity index (χ1n) is 6.60. The summed E-state index contributed by atoms with van der Waals surface area (Å²) < 4.78 is 0. The molecule has 0 saturated heterocycles. The van der Waals surface area contributed by atoms with Crippen molar-refractivity contribution < 1.29 is 9.90 Å². The topological polar surface area (TPSA) is 49.3 Å². The van der Waals surface area contributed by atoms with E-state index in [-0.39, 0.29) is 5.54 Å². The van der Waals surface area contributed by atoms with Crippen LogP contribution in [0.4, 0.5) is 5.69 Å². The van der Waals surface area contributed by atoms with E-state index in [0.717, 1.165) is 30.5 Å². The lowest BCUT2D eigenvalue weighted by Gasteiger charge is -2.33. The summed E-state index contributed by atoms with van der Waals surface area (Å²) in [6.07, 6.45) is 2.94. The average Bonchev–Trinajstić information content (AvgIpc) is 2.36. The van der Waals surface area contributed by atoms with Crippen LogP contribution in [0.3, 0.4) is 0 Å². The van der Waals surface area contributed by atoms with Gasteiger partial charge in [0.1, 0.15) is 0 Å². The summed E-state index contributed by atoms with van der Waals surface area (Å²) >= 11 is 0. The number of aromatic carboxylic acids is 1. The number of anilines is 1. The van der Waals surface area contributed by atoms with Crippen LogP contribution in [-0.4, -0.2) is 16.6 Å². The van der Waals surface area contributed by atoms with Crippen LogP contribution in [-0.2, 0) is 0 Å². The van der Waals surface area contributed by atoms with Crippen molar-refractivity contribution in [2.45, 2.75) is 52.5 Å². The SMILES string of the molecule is CCC(CC)(CC)Nc1cc(C)ccc1C(=O)O. The Kier molecular flexibility index (Phi) is 4.76. The Balaban J connectivity index is 3.16. The molecule has 0 bridgehead atoms. The Morgan fingerprint density at radius 1 is 1.22 bits per heavy atom. The third-order valence-corrected chi connectivity index (χ3v) is 3.84. The third kappa shape index (κ3) is 3.03. The molecule has 0 aliphatic rings. The number of benzene rings is 1. The zero-order valence-corrected chi connectivity index (χ0v) is 11.7. The van der Waals surface area contributed by atoms with Crippen LogP contribution in [0, 0.1) is 6.92 Å². The zero-order chi connectivity index (χ0) is 13.8. The minimum Gasteiger partial charge on any atom is -0.478 e. The number of nitrogens with one attached hydrogen (secondary N) is 1. The van der Waals surface area contributed by atoms with Crippen molar-refractivity contribution in [1.29, 1.82) is 0 Å². The summed E-state index contributed by atoms with van der Waals surface area (Å²) in [6.45, 7) is 8.38. The molecule has 18 heavy (non-hydrogen) atoms. The van der Waals surface area contributed by atoms with Crippen LogP contribution < -0.4 is 5.32 Å². The lowest BCUT2D eigenvalue weighted by atomic mass is 9.89. The van der Waals surface area contributed by atoms with Gasteiger partial charge in [-0.2, -0.15) is 0 Å². The number of hydrogen-bond donors (Lipinski definition) is 2. The molecule has 0 atom stereocenters. The maximum Gasteiger partial charge on any atom is 0.337 e. The minimum atomic E-state index is -0.880. The Hall–Kier alpha value is -1.51. The van der Waals surface area contributed by atoms with E-state index in [0.29, 0.717) is 5.56 Å². The molecular formula is C15H23NO2. The average molecular weight is 249 g/mol. The summed E-state index contributed by atoms with van der Waals surface area (Å²) in [7, 11) is 0. The molecule has 3 nitrogen and oxygen atoms in total. The molecule has 0 aliphatic carbocycles. The molecule has 0 amide bonds. The fraction of sp³-hybridized carbons (Fsp3) is 0.533. The molecule has 1 aromatic carbocycles. The van der Waals surface area contributed by atoms with Gasteiger partial charge in [-0.3, -0.25) is 0 Å². The highest BCUT2D eigenvalue weighted by molar-refractivity contribution is 5.94. The standard InChI is InChI=1S/C15H23NO2/c1-5-15(6-2,7-3)16-13-10-11(4)8-9-12(13)14(17)18/h8-10,16H,5-7H2,1-4H3,(H,17,18). The largest absolute Gasteiger partial charge is 0.478 e. The maximum atomic E-state index is 11.2. The number of carboxylic acid groups (broad SMARTS) is 1. The van der Waals surface area contributed by atoms with Crippen LogP contribution in [0.5, 0.6) is 0 Å². The van der Waals surface area contributed by atoms with Gasteiger partial charge < -0.3 is 10.4 Å². The van der Waals surface area contributed by atoms with Crippen molar-refractivity contribution in [3.63, 3.8) is 0 Å². The highest BCUT2D eigenvalue weighted by Gasteiger charge is 2.25. The fourth-order valence-electron chi connectivity index (χ4n) is 2.25. The summed E-state index contributed by atoms with van der Waals surface area (Å²) in [5.74, 6) is -0.880. The second-order valence-corrected chi connectivity index (χ2v) is 4.82. The molecule has 100 valence electrons. The molecule has 1 aromatic rings. The molecule has 0 saturated carbocycles. The molecule has 0 fully saturated rings. The predicted molar refractivity (Wildman–Crippen MR) is 75.4 cm³/mol. The monoisotopic (exact) mass is 249 g/mol. The van der Waals surface area contributed by atoms with Gasteiger partial charge >= 0.3 is 5.97 Å². The fourth-order valence-corrected chi connectivity index (χ4v) is 2.25. The second kappa shape index (κ2) is 5.89. The van der Waals surface area contributed by atoms with Crippen molar-refractivity contribution >= 4 is 11.7 Å². The first kappa shape index (κ1) is 14.6.